The molecule has 1 unspecified atom stereocenters. The lowest BCUT2D eigenvalue weighted by Gasteiger charge is -2.51. The highest BCUT2D eigenvalue weighted by atomic mass is 16.7. The molecule has 3 aliphatic heterocycles. The van der Waals surface area contributed by atoms with Crippen molar-refractivity contribution in [3.63, 3.8) is 0 Å². The molecule has 53 heavy (non-hydrogen) atoms. The number of carbonyl (C=O) groups is 2. The molecule has 0 amide bonds. The van der Waals surface area contributed by atoms with E-state index in [0.29, 0.717) is 19.4 Å². The standard InChI is InChI=1S/C40H69NO12/c1-14-16-17-41(12)27-18-22(4)50-37(32(27)43)53-35-23(5)30(28-20-39(10,49-13)34(45)26(8)51-28)24(6)36(46)52-29(15-2)40(11,48)33(44)25(7)31(42)21(3)19-38(35,9)47/h1,21-30,32-35,37,43-45,47-48H,15-20H2,2-13H3/t21-,22-,23+,24-,25+,26+,27+,28-,29-,30?,32-,33-,34+,35-,37+,38-,39-,40-/m1/s1. The second-order valence-electron chi connectivity index (χ2n) is 17.0. The Kier molecular flexibility index (Phi) is 15.6. The van der Waals surface area contributed by atoms with Crippen LogP contribution in [-0.2, 0) is 33.3 Å². The van der Waals surface area contributed by atoms with E-state index < -0.39 is 107 Å². The Bertz CT molecular complexity index is 1270. The van der Waals surface area contributed by atoms with Crippen LogP contribution in [0.25, 0.3) is 0 Å². The van der Waals surface area contributed by atoms with E-state index >= 15 is 0 Å². The molecule has 5 N–H and O–H groups in total. The summed E-state index contributed by atoms with van der Waals surface area (Å²) in [7, 11) is 3.37. The number of ether oxygens (including phenoxy) is 5. The maximum Gasteiger partial charge on any atom is 0.309 e. The maximum atomic E-state index is 14.3. The maximum absolute atomic E-state index is 14.3. The first-order valence-electron chi connectivity index (χ1n) is 19.4. The van der Waals surface area contributed by atoms with Gasteiger partial charge in [0.05, 0.1) is 47.6 Å². The van der Waals surface area contributed by atoms with Crippen LogP contribution in [-0.4, -0.2) is 141 Å². The van der Waals surface area contributed by atoms with Crippen molar-refractivity contribution in [2.75, 3.05) is 20.7 Å². The van der Waals surface area contributed by atoms with Crippen LogP contribution in [0, 0.1) is 41.9 Å². The van der Waals surface area contributed by atoms with Crippen LogP contribution >= 0.6 is 0 Å². The van der Waals surface area contributed by atoms with E-state index in [1.807, 2.05) is 25.8 Å². The molecule has 3 heterocycles. The van der Waals surface area contributed by atoms with E-state index in [1.54, 1.807) is 41.5 Å². The van der Waals surface area contributed by atoms with Gasteiger partial charge in [0.2, 0.25) is 0 Å². The summed E-state index contributed by atoms with van der Waals surface area (Å²) in [5.41, 5.74) is -4.82. The fraction of sp³-hybridized carbons (Fsp3) is 0.900. The van der Waals surface area contributed by atoms with E-state index in [4.69, 9.17) is 30.1 Å². The van der Waals surface area contributed by atoms with E-state index in [9.17, 15) is 35.1 Å². The number of nitrogens with zero attached hydrogens (tertiary/aromatic N) is 1. The van der Waals surface area contributed by atoms with Gasteiger partial charge in [0.1, 0.15) is 29.7 Å². The molecule has 0 aromatic heterocycles. The van der Waals surface area contributed by atoms with Crippen molar-refractivity contribution in [1.29, 1.82) is 0 Å². The third-order valence-electron chi connectivity index (χ3n) is 12.7. The average molecular weight is 756 g/mol. The molecule has 13 nitrogen and oxygen atoms in total. The number of hydrogen-bond acceptors (Lipinski definition) is 13. The molecule has 0 aliphatic carbocycles. The van der Waals surface area contributed by atoms with Crippen LogP contribution in [0.3, 0.4) is 0 Å². The molecular weight excluding hydrogens is 686 g/mol. The molecule has 0 aromatic rings. The summed E-state index contributed by atoms with van der Waals surface area (Å²) in [5.74, 6) is -2.80. The third kappa shape index (κ3) is 9.82. The van der Waals surface area contributed by atoms with Gasteiger partial charge in [-0.1, -0.05) is 34.6 Å². The fourth-order valence-corrected chi connectivity index (χ4v) is 9.29. The topological polar surface area (TPSA) is 185 Å². The number of rotatable bonds is 8. The van der Waals surface area contributed by atoms with Crippen molar-refractivity contribution in [1.82, 2.24) is 4.90 Å². The van der Waals surface area contributed by atoms with E-state index in [-0.39, 0.29) is 31.4 Å². The van der Waals surface area contributed by atoms with Crippen LogP contribution in [0.2, 0.25) is 0 Å². The first kappa shape index (κ1) is 45.7. The number of aliphatic hydroxyl groups is 5. The second kappa shape index (κ2) is 18.0. The highest BCUT2D eigenvalue weighted by Gasteiger charge is 2.55. The molecule has 18 atom stereocenters. The second-order valence-corrected chi connectivity index (χ2v) is 17.0. The quantitative estimate of drug-likeness (QED) is 0.180. The number of ketones is 1. The molecule has 3 saturated heterocycles. The van der Waals surface area contributed by atoms with Gasteiger partial charge in [-0.3, -0.25) is 14.5 Å². The molecule has 0 aromatic carbocycles. The molecular formula is C40H69NO12. The number of terminal acetylenes is 1. The Labute approximate surface area is 317 Å². The normalized spacial score (nSPS) is 48.1. The summed E-state index contributed by atoms with van der Waals surface area (Å²) >= 11 is 0. The van der Waals surface area contributed by atoms with Crippen LogP contribution in [0.4, 0.5) is 0 Å². The Morgan fingerprint density at radius 2 is 1.58 bits per heavy atom. The molecule has 3 rings (SSSR count). The predicted molar refractivity (Wildman–Crippen MR) is 197 cm³/mol. The van der Waals surface area contributed by atoms with E-state index in [2.05, 4.69) is 5.92 Å². The number of Topliss-reactive ketones (excluding diaryl/α,β-unsaturated/α-hetero) is 1. The summed E-state index contributed by atoms with van der Waals surface area (Å²) in [6, 6.07) is -0.381. The van der Waals surface area contributed by atoms with Gasteiger partial charge in [-0.25, -0.2) is 0 Å². The summed E-state index contributed by atoms with van der Waals surface area (Å²) < 4.78 is 31.3. The number of likely N-dealkylation sites (N-methyl/N-ethyl adjacent to an activating group) is 1. The lowest BCUT2D eigenvalue weighted by atomic mass is 9.67. The number of cyclic esters (lactones) is 1. The minimum absolute atomic E-state index is 0.122. The minimum atomic E-state index is -1.98. The zero-order chi connectivity index (χ0) is 40.4. The monoisotopic (exact) mass is 755 g/mol. The molecule has 0 saturated carbocycles. The predicted octanol–water partition coefficient (Wildman–Crippen LogP) is 2.45. The van der Waals surface area contributed by atoms with Crippen LogP contribution in [0.5, 0.6) is 0 Å². The zero-order valence-corrected chi connectivity index (χ0v) is 34.0. The number of hydrogen-bond donors (Lipinski definition) is 5. The lowest BCUT2D eigenvalue weighted by molar-refractivity contribution is -0.302. The Balaban J connectivity index is 2.23. The molecule has 0 spiro atoms. The summed E-state index contributed by atoms with van der Waals surface area (Å²) in [6.45, 7) is 17.2. The zero-order valence-electron chi connectivity index (χ0n) is 34.0. The van der Waals surface area contributed by atoms with Gasteiger partial charge in [-0.15, -0.1) is 12.3 Å². The van der Waals surface area contributed by atoms with Crippen molar-refractivity contribution in [2.24, 2.45) is 29.6 Å². The molecule has 13 heteroatoms. The van der Waals surface area contributed by atoms with E-state index in [1.165, 1.54) is 21.0 Å². The molecule has 0 bridgehead atoms. The van der Waals surface area contributed by atoms with Gasteiger partial charge in [0, 0.05) is 50.3 Å². The fourth-order valence-electron chi connectivity index (χ4n) is 9.29. The van der Waals surface area contributed by atoms with Crippen molar-refractivity contribution in [2.45, 2.75) is 179 Å². The summed E-state index contributed by atoms with van der Waals surface area (Å²) in [6.07, 6.45) is -2.34. The van der Waals surface area contributed by atoms with Gasteiger partial charge in [-0.05, 0) is 66.8 Å². The lowest BCUT2D eigenvalue weighted by Crippen LogP contribution is -2.62. The third-order valence-corrected chi connectivity index (χ3v) is 12.7. The Morgan fingerprint density at radius 1 is 0.962 bits per heavy atom. The van der Waals surface area contributed by atoms with Crippen molar-refractivity contribution in [3.05, 3.63) is 0 Å². The van der Waals surface area contributed by atoms with Gasteiger partial charge in [0.15, 0.2) is 6.29 Å². The largest absolute Gasteiger partial charge is 0.459 e. The number of aliphatic hydroxyl groups excluding tert-OH is 3. The first-order chi connectivity index (χ1) is 24.5. The summed E-state index contributed by atoms with van der Waals surface area (Å²) in [5, 5.41) is 58.4. The van der Waals surface area contributed by atoms with E-state index in [0.717, 1.165) is 0 Å². The van der Waals surface area contributed by atoms with Crippen LogP contribution in [0.15, 0.2) is 0 Å². The SMILES string of the molecule is C#CCCN(C)[C@H]1C[C@@H](C)O[C@@H](O[C@@H]2[C@@H](C)C([C@H]3C[C@@](C)(OC)[C@@H](O)[C@H](C)O3)[C@@H](C)C(=O)O[C@H](CC)[C@@](C)(O)[C@H](O)[C@@H](C)C(=O)[C@H](C)C[C@@]2(C)O)[C@@H]1O. The average Bonchev–Trinajstić information content (AvgIpc) is 3.09. The minimum Gasteiger partial charge on any atom is -0.459 e. The van der Waals surface area contributed by atoms with Gasteiger partial charge in [-0.2, -0.15) is 0 Å². The number of methoxy groups -OCH3 is 1. The van der Waals surface area contributed by atoms with Crippen molar-refractivity contribution in [3.8, 4) is 12.3 Å². The number of esters is 1. The number of carbonyl (C=O) groups excluding carboxylic acids is 2. The smallest absolute Gasteiger partial charge is 0.309 e. The van der Waals surface area contributed by atoms with Gasteiger partial charge >= 0.3 is 5.97 Å². The highest BCUT2D eigenvalue weighted by molar-refractivity contribution is 5.83. The van der Waals surface area contributed by atoms with Crippen LogP contribution < -0.4 is 0 Å². The Hall–Kier alpha value is -1.70. The van der Waals surface area contributed by atoms with Gasteiger partial charge in [0.25, 0.3) is 0 Å². The van der Waals surface area contributed by atoms with Crippen LogP contribution in [0.1, 0.15) is 101 Å². The highest BCUT2D eigenvalue weighted by Crippen LogP contribution is 2.45. The summed E-state index contributed by atoms with van der Waals surface area (Å²) in [4.78, 5) is 30.1. The van der Waals surface area contributed by atoms with Crippen molar-refractivity contribution >= 4 is 11.8 Å². The molecule has 3 fully saturated rings. The Morgan fingerprint density at radius 3 is 2.15 bits per heavy atom. The van der Waals surface area contributed by atoms with Crippen molar-refractivity contribution < 1.29 is 58.8 Å². The molecule has 306 valence electrons. The first-order valence-corrected chi connectivity index (χ1v) is 19.4. The molecule has 3 aliphatic rings. The van der Waals surface area contributed by atoms with Gasteiger partial charge < -0.3 is 49.2 Å². The molecule has 0 radical (unpaired) electrons.